The average molecular weight is 247 g/mol. The van der Waals surface area contributed by atoms with Crippen LogP contribution in [-0.4, -0.2) is 58.5 Å². The highest BCUT2D eigenvalue weighted by molar-refractivity contribution is 5.96. The van der Waals surface area contributed by atoms with Crippen LogP contribution < -0.4 is 16.0 Å². The average Bonchev–Trinajstić information content (AvgIpc) is 2.32. The maximum atomic E-state index is 11.4. The summed E-state index contributed by atoms with van der Waals surface area (Å²) >= 11 is 0. The Balaban J connectivity index is 3.54. The lowest BCUT2D eigenvalue weighted by Crippen LogP contribution is -2.47. The van der Waals surface area contributed by atoms with Gasteiger partial charge < -0.3 is 20.1 Å². The van der Waals surface area contributed by atoms with E-state index < -0.39 is 12.1 Å². The van der Waals surface area contributed by atoms with Gasteiger partial charge in [-0.2, -0.15) is 0 Å². The van der Waals surface area contributed by atoms with E-state index in [1.165, 1.54) is 7.05 Å². The smallest absolute Gasteiger partial charge is 0.321 e. The van der Waals surface area contributed by atoms with Crippen molar-refractivity contribution in [3.8, 4) is 0 Å². The number of imide groups is 1. The maximum absolute atomic E-state index is 11.4. The van der Waals surface area contributed by atoms with Crippen LogP contribution in [-0.2, 0) is 14.3 Å². The van der Waals surface area contributed by atoms with Gasteiger partial charge in [0.15, 0.2) is 0 Å². The number of urea groups is 1. The fraction of sp³-hybridized carbons (Fsp3) is 0.800. The minimum Gasteiger partial charge on any atom is -0.382 e. The van der Waals surface area contributed by atoms with Crippen molar-refractivity contribution in [3.05, 3.63) is 0 Å². The molecule has 0 spiro atoms. The summed E-state index contributed by atoms with van der Waals surface area (Å²) < 4.78 is 10.0. The van der Waals surface area contributed by atoms with Crippen molar-refractivity contribution in [1.29, 1.82) is 0 Å². The van der Waals surface area contributed by atoms with E-state index in [1.54, 1.807) is 14.0 Å². The number of nitrogens with one attached hydrogen (secondary N) is 3. The van der Waals surface area contributed by atoms with Gasteiger partial charge in [0.05, 0.1) is 25.9 Å². The van der Waals surface area contributed by atoms with Crippen LogP contribution in [0.2, 0.25) is 0 Å². The number of carbonyl (C=O) groups is 2. The highest BCUT2D eigenvalue weighted by Gasteiger charge is 2.13. The first-order chi connectivity index (χ1) is 8.11. The molecule has 100 valence electrons. The summed E-state index contributed by atoms with van der Waals surface area (Å²) in [5.41, 5.74) is 0. The summed E-state index contributed by atoms with van der Waals surface area (Å²) in [4.78, 5) is 22.2. The van der Waals surface area contributed by atoms with E-state index >= 15 is 0 Å². The van der Waals surface area contributed by atoms with Gasteiger partial charge in [0.2, 0.25) is 5.91 Å². The van der Waals surface area contributed by atoms with Crippen molar-refractivity contribution in [2.24, 2.45) is 0 Å². The molecule has 0 saturated heterocycles. The number of hydrogen-bond acceptors (Lipinski definition) is 5. The third-order valence-electron chi connectivity index (χ3n) is 1.99. The molecule has 7 nitrogen and oxygen atoms in total. The Labute approximate surface area is 101 Å². The Hall–Kier alpha value is -1.18. The van der Waals surface area contributed by atoms with E-state index in [0.29, 0.717) is 26.4 Å². The number of ether oxygens (including phenoxy) is 2. The third kappa shape index (κ3) is 8.61. The van der Waals surface area contributed by atoms with Gasteiger partial charge in [-0.15, -0.1) is 0 Å². The molecule has 0 aliphatic rings. The van der Waals surface area contributed by atoms with Crippen LogP contribution in [0.15, 0.2) is 0 Å². The van der Waals surface area contributed by atoms with Gasteiger partial charge in [0.25, 0.3) is 0 Å². The van der Waals surface area contributed by atoms with Crippen molar-refractivity contribution in [2.45, 2.75) is 13.0 Å². The number of methoxy groups -OCH3 is 1. The molecule has 3 amide bonds. The summed E-state index contributed by atoms with van der Waals surface area (Å²) in [5, 5.41) is 7.41. The second-order valence-electron chi connectivity index (χ2n) is 3.35. The predicted octanol–water partition coefficient (Wildman–Crippen LogP) is -0.917. The van der Waals surface area contributed by atoms with E-state index in [1.807, 2.05) is 0 Å². The van der Waals surface area contributed by atoms with Crippen molar-refractivity contribution in [3.63, 3.8) is 0 Å². The minimum absolute atomic E-state index is 0.374. The topological polar surface area (TPSA) is 88.7 Å². The van der Waals surface area contributed by atoms with Gasteiger partial charge in [-0.05, 0) is 6.92 Å². The number of hydrogen-bond donors (Lipinski definition) is 3. The molecule has 0 saturated carbocycles. The summed E-state index contributed by atoms with van der Waals surface area (Å²) in [6.07, 6.45) is 0. The summed E-state index contributed by atoms with van der Waals surface area (Å²) in [7, 11) is 3.05. The molecule has 0 aromatic carbocycles. The van der Waals surface area contributed by atoms with Crippen molar-refractivity contribution in [2.75, 3.05) is 40.5 Å². The Morgan fingerprint density at radius 2 is 1.94 bits per heavy atom. The molecular weight excluding hydrogens is 226 g/mol. The van der Waals surface area contributed by atoms with Crippen LogP contribution in [0.1, 0.15) is 6.92 Å². The highest BCUT2D eigenvalue weighted by atomic mass is 16.5. The molecule has 0 aliphatic heterocycles. The molecule has 0 fully saturated rings. The molecule has 0 rings (SSSR count). The lowest BCUT2D eigenvalue weighted by molar-refractivity contribution is -0.121. The molecule has 0 aromatic rings. The van der Waals surface area contributed by atoms with Gasteiger partial charge in [0.1, 0.15) is 0 Å². The standard InChI is InChI=1S/C10H21N3O4/c1-8(9(14)13-10(15)11-2)12-4-5-17-7-6-16-3/h8,12H,4-7H2,1-3H3,(H2,11,13,14,15). The first-order valence-electron chi connectivity index (χ1n) is 5.44. The number of carbonyl (C=O) groups excluding carboxylic acids is 2. The lowest BCUT2D eigenvalue weighted by Gasteiger charge is -2.13. The first-order valence-corrected chi connectivity index (χ1v) is 5.44. The van der Waals surface area contributed by atoms with E-state index in [9.17, 15) is 9.59 Å². The quantitative estimate of drug-likeness (QED) is 0.483. The zero-order valence-electron chi connectivity index (χ0n) is 10.5. The van der Waals surface area contributed by atoms with Crippen LogP contribution in [0.3, 0.4) is 0 Å². The first kappa shape index (κ1) is 15.8. The van der Waals surface area contributed by atoms with E-state index in [4.69, 9.17) is 9.47 Å². The zero-order chi connectivity index (χ0) is 13.1. The minimum atomic E-state index is -0.514. The van der Waals surface area contributed by atoms with Crippen LogP contribution in [0.25, 0.3) is 0 Å². The summed E-state index contributed by atoms with van der Waals surface area (Å²) in [5.74, 6) is -0.374. The van der Waals surface area contributed by atoms with Crippen molar-refractivity contribution >= 4 is 11.9 Å². The SMILES string of the molecule is CNC(=O)NC(=O)C(C)NCCOCCOC. The molecule has 7 heteroatoms. The van der Waals surface area contributed by atoms with Crippen LogP contribution in [0.4, 0.5) is 4.79 Å². The van der Waals surface area contributed by atoms with E-state index in [-0.39, 0.29) is 5.91 Å². The van der Waals surface area contributed by atoms with Crippen molar-refractivity contribution < 1.29 is 19.1 Å². The molecule has 0 radical (unpaired) electrons. The molecule has 1 unspecified atom stereocenters. The molecule has 0 bridgehead atoms. The Morgan fingerprint density at radius 3 is 2.53 bits per heavy atom. The largest absolute Gasteiger partial charge is 0.382 e. The molecule has 3 N–H and O–H groups in total. The monoisotopic (exact) mass is 247 g/mol. The zero-order valence-corrected chi connectivity index (χ0v) is 10.5. The van der Waals surface area contributed by atoms with E-state index in [0.717, 1.165) is 0 Å². The maximum Gasteiger partial charge on any atom is 0.321 e. The van der Waals surface area contributed by atoms with Gasteiger partial charge >= 0.3 is 6.03 Å². The van der Waals surface area contributed by atoms with Gasteiger partial charge in [-0.3, -0.25) is 10.1 Å². The predicted molar refractivity (Wildman–Crippen MR) is 62.8 cm³/mol. The molecule has 0 aromatic heterocycles. The van der Waals surface area contributed by atoms with Crippen LogP contribution in [0, 0.1) is 0 Å². The van der Waals surface area contributed by atoms with Gasteiger partial charge in [-0.25, -0.2) is 4.79 Å². The number of amides is 3. The Bertz CT molecular complexity index is 236. The molecule has 1 atom stereocenters. The normalized spacial score (nSPS) is 11.9. The Morgan fingerprint density at radius 1 is 1.24 bits per heavy atom. The van der Waals surface area contributed by atoms with Crippen molar-refractivity contribution in [1.82, 2.24) is 16.0 Å². The molecule has 17 heavy (non-hydrogen) atoms. The summed E-state index contributed by atoms with van der Waals surface area (Å²) in [6.45, 7) is 3.77. The fourth-order valence-electron chi connectivity index (χ4n) is 0.967. The van der Waals surface area contributed by atoms with Crippen LogP contribution >= 0.6 is 0 Å². The number of rotatable bonds is 8. The second-order valence-corrected chi connectivity index (χ2v) is 3.35. The van der Waals surface area contributed by atoms with Gasteiger partial charge in [0, 0.05) is 20.7 Å². The van der Waals surface area contributed by atoms with Gasteiger partial charge in [-0.1, -0.05) is 0 Å². The lowest BCUT2D eigenvalue weighted by atomic mass is 10.3. The summed E-state index contributed by atoms with van der Waals surface area (Å²) in [6, 6.07) is -0.960. The molecule has 0 aliphatic carbocycles. The van der Waals surface area contributed by atoms with Crippen LogP contribution in [0.5, 0.6) is 0 Å². The Kier molecular flexibility index (Phi) is 9.31. The van der Waals surface area contributed by atoms with E-state index in [2.05, 4.69) is 16.0 Å². The second kappa shape index (κ2) is 10.0. The molecular formula is C10H21N3O4. The third-order valence-corrected chi connectivity index (χ3v) is 1.99. The highest BCUT2D eigenvalue weighted by Crippen LogP contribution is 1.82. The molecule has 0 heterocycles. The fourth-order valence-corrected chi connectivity index (χ4v) is 0.967.